The second kappa shape index (κ2) is 17.8. The highest BCUT2D eigenvalue weighted by molar-refractivity contribution is 5.89. The van der Waals surface area contributed by atoms with Crippen LogP contribution in [-0.2, 0) is 22.6 Å². The summed E-state index contributed by atoms with van der Waals surface area (Å²) in [7, 11) is 0. The molecule has 0 amide bonds. The SMILES string of the molecule is CCC(Cc1ccc(OCc2ccccn2)cc1)NCCC(c1ccccc1)c1ccccc1.O=C(O)/C=C\C(=O)O. The normalized spacial score (nSPS) is 11.5. The van der Waals surface area contributed by atoms with Crippen molar-refractivity contribution < 1.29 is 24.5 Å². The van der Waals surface area contributed by atoms with Crippen LogP contribution in [0, 0.1) is 0 Å². The number of carboxylic acids is 2. The van der Waals surface area contributed by atoms with Crippen LogP contribution in [0.3, 0.4) is 0 Å². The van der Waals surface area contributed by atoms with Gasteiger partial charge in [-0.1, -0.05) is 85.8 Å². The minimum atomic E-state index is -1.26. The molecule has 3 aromatic carbocycles. The molecule has 0 aliphatic rings. The Kier molecular flexibility index (Phi) is 13.5. The van der Waals surface area contributed by atoms with Crippen LogP contribution in [-0.4, -0.2) is 39.7 Å². The molecule has 1 atom stereocenters. The third-order valence-electron chi connectivity index (χ3n) is 6.65. The maximum Gasteiger partial charge on any atom is 0.328 e. The van der Waals surface area contributed by atoms with E-state index in [1.165, 1.54) is 16.7 Å². The van der Waals surface area contributed by atoms with Gasteiger partial charge in [-0.05, 0) is 66.8 Å². The van der Waals surface area contributed by atoms with Gasteiger partial charge in [-0.2, -0.15) is 0 Å². The zero-order valence-corrected chi connectivity index (χ0v) is 23.8. The Morgan fingerprint density at radius 3 is 1.88 bits per heavy atom. The van der Waals surface area contributed by atoms with Crippen LogP contribution in [0.4, 0.5) is 0 Å². The van der Waals surface area contributed by atoms with E-state index in [0.29, 0.717) is 30.7 Å². The van der Waals surface area contributed by atoms with Crippen molar-refractivity contribution in [1.82, 2.24) is 10.3 Å². The highest BCUT2D eigenvalue weighted by Gasteiger charge is 2.15. The third-order valence-corrected chi connectivity index (χ3v) is 6.65. The third kappa shape index (κ3) is 11.8. The van der Waals surface area contributed by atoms with E-state index < -0.39 is 11.9 Å². The highest BCUT2D eigenvalue weighted by Crippen LogP contribution is 2.27. The average molecular weight is 567 g/mol. The molecule has 4 rings (SSSR count). The first-order valence-corrected chi connectivity index (χ1v) is 14.0. The maximum atomic E-state index is 9.55. The van der Waals surface area contributed by atoms with Crippen LogP contribution < -0.4 is 10.1 Å². The smallest absolute Gasteiger partial charge is 0.328 e. The summed E-state index contributed by atoms with van der Waals surface area (Å²) in [5.41, 5.74) is 5.02. The van der Waals surface area contributed by atoms with Crippen molar-refractivity contribution in [2.45, 2.75) is 44.8 Å². The van der Waals surface area contributed by atoms with Gasteiger partial charge in [-0.3, -0.25) is 4.98 Å². The molecule has 0 radical (unpaired) electrons. The van der Waals surface area contributed by atoms with Gasteiger partial charge in [0.15, 0.2) is 0 Å². The quantitative estimate of drug-likeness (QED) is 0.149. The Morgan fingerprint density at radius 1 is 0.810 bits per heavy atom. The molecule has 1 heterocycles. The molecule has 0 aliphatic heterocycles. The molecule has 0 saturated heterocycles. The number of benzene rings is 3. The van der Waals surface area contributed by atoms with E-state index in [1.54, 1.807) is 6.20 Å². The van der Waals surface area contributed by atoms with Crippen molar-refractivity contribution in [3.05, 3.63) is 144 Å². The molecule has 0 spiro atoms. The number of nitrogens with zero attached hydrogens (tertiary/aromatic N) is 1. The molecule has 0 aliphatic carbocycles. The summed E-state index contributed by atoms with van der Waals surface area (Å²) >= 11 is 0. The van der Waals surface area contributed by atoms with Crippen molar-refractivity contribution in [3.8, 4) is 5.75 Å². The summed E-state index contributed by atoms with van der Waals surface area (Å²) in [5.74, 6) is -1.23. The fourth-order valence-electron chi connectivity index (χ4n) is 4.48. The lowest BCUT2D eigenvalue weighted by atomic mass is 9.88. The van der Waals surface area contributed by atoms with Gasteiger partial charge in [0.05, 0.1) is 5.69 Å². The van der Waals surface area contributed by atoms with Gasteiger partial charge in [0.1, 0.15) is 12.4 Å². The largest absolute Gasteiger partial charge is 0.487 e. The van der Waals surface area contributed by atoms with Crippen LogP contribution in [0.1, 0.15) is 48.1 Å². The van der Waals surface area contributed by atoms with Crippen molar-refractivity contribution in [2.24, 2.45) is 0 Å². The molecule has 0 fully saturated rings. The van der Waals surface area contributed by atoms with Gasteiger partial charge in [0, 0.05) is 30.3 Å². The van der Waals surface area contributed by atoms with Gasteiger partial charge >= 0.3 is 11.9 Å². The summed E-state index contributed by atoms with van der Waals surface area (Å²) in [5, 5.41) is 19.4. The zero-order chi connectivity index (χ0) is 30.0. The molecule has 4 aromatic rings. The molecule has 42 heavy (non-hydrogen) atoms. The molecular weight excluding hydrogens is 528 g/mol. The predicted octanol–water partition coefficient (Wildman–Crippen LogP) is 6.51. The van der Waals surface area contributed by atoms with E-state index in [-0.39, 0.29) is 0 Å². The van der Waals surface area contributed by atoms with Crippen molar-refractivity contribution >= 4 is 11.9 Å². The van der Waals surface area contributed by atoms with E-state index in [2.05, 4.69) is 102 Å². The monoisotopic (exact) mass is 566 g/mol. The second-order valence-electron chi connectivity index (χ2n) is 9.69. The molecule has 218 valence electrons. The van der Waals surface area contributed by atoms with E-state index in [0.717, 1.165) is 37.3 Å². The van der Waals surface area contributed by atoms with Crippen LogP contribution in [0.2, 0.25) is 0 Å². The van der Waals surface area contributed by atoms with Crippen molar-refractivity contribution in [2.75, 3.05) is 6.54 Å². The zero-order valence-electron chi connectivity index (χ0n) is 23.8. The molecule has 3 N–H and O–H groups in total. The fraction of sp³-hybridized carbons (Fsp3) is 0.229. The van der Waals surface area contributed by atoms with Gasteiger partial charge in [-0.15, -0.1) is 0 Å². The number of carboxylic acid groups (broad SMARTS) is 2. The Labute approximate surface area is 247 Å². The number of aliphatic carboxylic acids is 2. The number of rotatable bonds is 14. The number of carbonyl (C=O) groups is 2. The molecule has 0 bridgehead atoms. The minimum Gasteiger partial charge on any atom is -0.487 e. The summed E-state index contributed by atoms with van der Waals surface area (Å²) < 4.78 is 5.88. The van der Waals surface area contributed by atoms with Gasteiger partial charge in [-0.25, -0.2) is 9.59 Å². The number of pyridine rings is 1. The number of aromatic nitrogens is 1. The Hall–Kier alpha value is -4.75. The summed E-state index contributed by atoms with van der Waals surface area (Å²) in [6, 6.07) is 36.5. The first-order valence-electron chi connectivity index (χ1n) is 14.0. The average Bonchev–Trinajstić information content (AvgIpc) is 3.03. The molecule has 1 aromatic heterocycles. The van der Waals surface area contributed by atoms with Crippen LogP contribution in [0.5, 0.6) is 5.75 Å². The Morgan fingerprint density at radius 2 is 1.38 bits per heavy atom. The molecule has 7 nitrogen and oxygen atoms in total. The summed E-state index contributed by atoms with van der Waals surface area (Å²) in [6.45, 7) is 3.73. The summed E-state index contributed by atoms with van der Waals surface area (Å²) in [4.78, 5) is 23.4. The van der Waals surface area contributed by atoms with Crippen molar-refractivity contribution in [3.63, 3.8) is 0 Å². The maximum absolute atomic E-state index is 9.55. The number of ether oxygens (including phenoxy) is 1. The second-order valence-corrected chi connectivity index (χ2v) is 9.69. The molecule has 1 unspecified atom stereocenters. The minimum absolute atomic E-state index is 0.406. The summed E-state index contributed by atoms with van der Waals surface area (Å²) in [6.07, 6.45) is 6.09. The Bertz CT molecular complexity index is 1310. The van der Waals surface area contributed by atoms with Gasteiger partial charge in [0.25, 0.3) is 0 Å². The van der Waals surface area contributed by atoms with Crippen LogP contribution in [0.25, 0.3) is 0 Å². The van der Waals surface area contributed by atoms with Crippen LogP contribution in [0.15, 0.2) is 121 Å². The van der Waals surface area contributed by atoms with Gasteiger partial charge < -0.3 is 20.3 Å². The van der Waals surface area contributed by atoms with E-state index >= 15 is 0 Å². The van der Waals surface area contributed by atoms with Gasteiger partial charge in [0.2, 0.25) is 0 Å². The standard InChI is InChI=1S/C31H34N2O.C4H4O4/c1-2-28(23-25-16-18-30(19-17-25)34-24-29-15-9-10-21-32-29)33-22-20-31(26-11-5-3-6-12-26)27-13-7-4-8-14-27;5-3(6)1-2-4(7)8/h3-19,21,28,31,33H,2,20,22-24H2,1H3;1-2H,(H,5,6)(H,7,8)/b;2-1-. The topological polar surface area (TPSA) is 109 Å². The first kappa shape index (κ1) is 31.8. The number of nitrogens with one attached hydrogen (secondary N) is 1. The lowest BCUT2D eigenvalue weighted by molar-refractivity contribution is -0.134. The van der Waals surface area contributed by atoms with E-state index in [4.69, 9.17) is 14.9 Å². The predicted molar refractivity (Wildman–Crippen MR) is 165 cm³/mol. The molecule has 0 saturated carbocycles. The Balaban J connectivity index is 0.000000531. The molecular formula is C35H38N2O5. The highest BCUT2D eigenvalue weighted by atomic mass is 16.5. The van der Waals surface area contributed by atoms with Crippen LogP contribution >= 0.6 is 0 Å². The molecule has 7 heteroatoms. The fourth-order valence-corrected chi connectivity index (χ4v) is 4.48. The lowest BCUT2D eigenvalue weighted by Crippen LogP contribution is -2.32. The lowest BCUT2D eigenvalue weighted by Gasteiger charge is -2.22. The first-order chi connectivity index (χ1) is 20.4. The van der Waals surface area contributed by atoms with E-state index in [9.17, 15) is 9.59 Å². The van der Waals surface area contributed by atoms with E-state index in [1.807, 2.05) is 18.2 Å². The number of hydrogen-bond acceptors (Lipinski definition) is 5. The van der Waals surface area contributed by atoms with Crippen molar-refractivity contribution in [1.29, 1.82) is 0 Å². The number of hydrogen-bond donors (Lipinski definition) is 3.